The SMILES string of the molecule is CCCCCCCCCCCCCCCCCC(=O)N(CCNCOc1cc(S(=O)(=O)[O-])c2ccccc2c1OC)CCNC(=O)c1cc(S(=O)(=O)[O-])c2ccccc2c1OC.[Na+].[Na+]. The predicted octanol–water partition coefficient (Wildman–Crippen LogP) is 2.27. The van der Waals surface area contributed by atoms with Crippen LogP contribution in [0.2, 0.25) is 0 Å². The first kappa shape index (κ1) is 57.6. The fourth-order valence-corrected chi connectivity index (χ4v) is 9.12. The molecule has 0 saturated heterocycles. The van der Waals surface area contributed by atoms with Crippen LogP contribution in [0.15, 0.2) is 70.5 Å². The number of fused-ring (bicyclic) bond motifs is 2. The third kappa shape index (κ3) is 18.0. The number of nitrogens with zero attached hydrogens (tertiary/aromatic N) is 1. The molecule has 2 amide bonds. The van der Waals surface area contributed by atoms with Crippen LogP contribution in [-0.4, -0.2) is 89.8 Å². The number of ether oxygens (including phenoxy) is 3. The average molecular weight is 944 g/mol. The van der Waals surface area contributed by atoms with E-state index in [0.29, 0.717) is 18.2 Å². The van der Waals surface area contributed by atoms with E-state index >= 15 is 0 Å². The minimum absolute atomic E-state index is 0. The second-order valence-electron chi connectivity index (χ2n) is 15.5. The summed E-state index contributed by atoms with van der Waals surface area (Å²) in [6.45, 7) is 2.74. The molecule has 0 aromatic heterocycles. The summed E-state index contributed by atoms with van der Waals surface area (Å²) in [4.78, 5) is 27.7. The van der Waals surface area contributed by atoms with Crippen molar-refractivity contribution in [2.45, 2.75) is 119 Å². The van der Waals surface area contributed by atoms with Gasteiger partial charge < -0.3 is 33.5 Å². The van der Waals surface area contributed by atoms with E-state index in [1.165, 1.54) is 97.0 Å². The van der Waals surface area contributed by atoms with Crippen LogP contribution >= 0.6 is 0 Å². The van der Waals surface area contributed by atoms with Crippen LogP contribution < -0.4 is 84.0 Å². The van der Waals surface area contributed by atoms with Crippen molar-refractivity contribution >= 4 is 53.6 Å². The molecular weight excluding hydrogens is 881 g/mol. The number of hydrogen-bond donors (Lipinski definition) is 2. The standard InChI is InChI=1S/C46H65N3O11S2.2Na/c1-4-5-6-7-8-9-10-11-12-13-14-15-16-17-18-27-43(50)49(30-28-47-34-60-40-33-42(62(55,56)57)36-24-20-22-26-38(36)45(40)59-3)31-29-48-46(51)39-32-41(61(52,53)54)35-23-19-21-25-37(35)44(39)58-2;;/h19-26,32-33,47H,4-18,27-31,34H2,1-3H3,(H,48,51)(H,52,53,54)(H,55,56,57);;/q;2*+1/p-2. The molecule has 4 aromatic carbocycles. The normalized spacial score (nSPS) is 11.5. The maximum Gasteiger partial charge on any atom is 1.00 e. The van der Waals surface area contributed by atoms with Gasteiger partial charge in [0.25, 0.3) is 5.91 Å². The van der Waals surface area contributed by atoms with Crippen molar-refractivity contribution in [2.24, 2.45) is 0 Å². The Balaban J connectivity index is 0.00000704. The number of carbonyl (C=O) groups is 2. The molecule has 0 saturated carbocycles. The molecule has 18 heteroatoms. The Morgan fingerprint density at radius 2 is 1.05 bits per heavy atom. The van der Waals surface area contributed by atoms with E-state index in [-0.39, 0.29) is 137 Å². The van der Waals surface area contributed by atoms with Gasteiger partial charge in [0.1, 0.15) is 32.7 Å². The topological polar surface area (TPSA) is 204 Å². The first-order valence-electron chi connectivity index (χ1n) is 21.8. The number of hydrogen-bond acceptors (Lipinski definition) is 12. The second kappa shape index (κ2) is 30.0. The molecule has 0 aliphatic carbocycles. The van der Waals surface area contributed by atoms with Crippen LogP contribution in [0.1, 0.15) is 120 Å². The third-order valence-corrected chi connectivity index (χ3v) is 12.7. The maximum atomic E-state index is 13.6. The molecule has 64 heavy (non-hydrogen) atoms. The van der Waals surface area contributed by atoms with Gasteiger partial charge in [-0.3, -0.25) is 14.9 Å². The smallest absolute Gasteiger partial charge is 0.744 e. The van der Waals surface area contributed by atoms with Gasteiger partial charge in [0.2, 0.25) is 5.91 Å². The number of unbranched alkanes of at least 4 members (excludes halogenated alkanes) is 14. The third-order valence-electron chi connectivity index (χ3n) is 11.0. The van der Waals surface area contributed by atoms with Gasteiger partial charge in [0, 0.05) is 60.2 Å². The molecule has 0 aliphatic heterocycles. The molecule has 0 unspecified atom stereocenters. The summed E-state index contributed by atoms with van der Waals surface area (Å²) in [5, 5.41) is 6.87. The molecule has 0 bridgehead atoms. The zero-order chi connectivity index (χ0) is 45.0. The first-order chi connectivity index (χ1) is 29.8. The van der Waals surface area contributed by atoms with Crippen molar-refractivity contribution < 1.29 is 109 Å². The van der Waals surface area contributed by atoms with Crippen molar-refractivity contribution in [1.82, 2.24) is 15.5 Å². The predicted molar refractivity (Wildman–Crippen MR) is 239 cm³/mol. The van der Waals surface area contributed by atoms with Crippen LogP contribution in [-0.2, 0) is 25.0 Å². The molecule has 0 aliphatic rings. The van der Waals surface area contributed by atoms with E-state index < -0.39 is 35.9 Å². The summed E-state index contributed by atoms with van der Waals surface area (Å²) in [6.07, 6.45) is 18.4. The monoisotopic (exact) mass is 943 g/mol. The fraction of sp³-hybridized carbons (Fsp3) is 0.522. The van der Waals surface area contributed by atoms with Gasteiger partial charge in [-0.1, -0.05) is 145 Å². The van der Waals surface area contributed by atoms with Crippen molar-refractivity contribution in [1.29, 1.82) is 0 Å². The van der Waals surface area contributed by atoms with E-state index in [9.17, 15) is 35.5 Å². The van der Waals surface area contributed by atoms with E-state index in [0.717, 1.165) is 31.4 Å². The minimum atomic E-state index is -4.94. The Kier molecular flexibility index (Phi) is 27.0. The van der Waals surface area contributed by atoms with Crippen molar-refractivity contribution in [3.63, 3.8) is 0 Å². The number of nitrogens with one attached hydrogen (secondary N) is 2. The number of benzene rings is 4. The molecule has 0 fully saturated rings. The van der Waals surface area contributed by atoms with Crippen LogP contribution in [0.3, 0.4) is 0 Å². The average Bonchev–Trinajstić information content (AvgIpc) is 3.25. The molecular formula is C46H63N3Na2O11S2. The van der Waals surface area contributed by atoms with Gasteiger partial charge in [0.05, 0.1) is 29.6 Å². The van der Waals surface area contributed by atoms with Crippen molar-refractivity contribution in [2.75, 3.05) is 47.1 Å². The van der Waals surface area contributed by atoms with E-state index in [1.807, 2.05) is 0 Å². The van der Waals surface area contributed by atoms with Gasteiger partial charge in [-0.05, 0) is 12.5 Å². The van der Waals surface area contributed by atoms with Gasteiger partial charge in [-0.2, -0.15) is 0 Å². The van der Waals surface area contributed by atoms with Crippen molar-refractivity contribution in [3.05, 3.63) is 66.2 Å². The fourth-order valence-electron chi connectivity index (χ4n) is 7.71. The molecule has 0 radical (unpaired) electrons. The van der Waals surface area contributed by atoms with Crippen LogP contribution in [0.4, 0.5) is 0 Å². The molecule has 4 rings (SSSR count). The molecule has 0 spiro atoms. The number of methoxy groups -OCH3 is 2. The van der Waals surface area contributed by atoms with Crippen LogP contribution in [0.5, 0.6) is 17.2 Å². The summed E-state index contributed by atoms with van der Waals surface area (Å²) in [6, 6.07) is 14.9. The first-order valence-corrected chi connectivity index (χ1v) is 24.6. The molecule has 0 heterocycles. The molecule has 342 valence electrons. The van der Waals surface area contributed by atoms with Crippen LogP contribution in [0, 0.1) is 0 Å². The minimum Gasteiger partial charge on any atom is -0.744 e. The molecule has 4 aromatic rings. The Morgan fingerprint density at radius 1 is 0.609 bits per heavy atom. The number of carbonyl (C=O) groups excluding carboxylic acids is 2. The Labute approximate surface area is 424 Å². The Bertz CT molecular complexity index is 2300. The maximum absolute atomic E-state index is 13.6. The van der Waals surface area contributed by atoms with Crippen molar-refractivity contribution in [3.8, 4) is 17.2 Å². The van der Waals surface area contributed by atoms with Crippen LogP contribution in [0.25, 0.3) is 21.5 Å². The van der Waals surface area contributed by atoms with E-state index in [4.69, 9.17) is 14.2 Å². The summed E-state index contributed by atoms with van der Waals surface area (Å²) >= 11 is 0. The summed E-state index contributed by atoms with van der Waals surface area (Å²) in [5.41, 5.74) is -0.132. The number of amides is 2. The zero-order valence-electron chi connectivity index (χ0n) is 38.4. The van der Waals surface area contributed by atoms with E-state index in [2.05, 4.69) is 17.6 Å². The Hall–Kier alpha value is -2.48. The Morgan fingerprint density at radius 3 is 1.53 bits per heavy atom. The molecule has 0 atom stereocenters. The molecule has 2 N–H and O–H groups in total. The number of rotatable bonds is 30. The second-order valence-corrected chi connectivity index (χ2v) is 18.2. The largest absolute Gasteiger partial charge is 1.00 e. The quantitative estimate of drug-likeness (QED) is 0.0335. The van der Waals surface area contributed by atoms with Gasteiger partial charge >= 0.3 is 59.1 Å². The van der Waals surface area contributed by atoms with Gasteiger partial charge in [-0.15, -0.1) is 0 Å². The van der Waals surface area contributed by atoms with E-state index in [1.54, 1.807) is 41.3 Å². The zero-order valence-corrected chi connectivity index (χ0v) is 44.0. The van der Waals surface area contributed by atoms with Gasteiger partial charge in [-0.25, -0.2) is 16.8 Å². The molecule has 14 nitrogen and oxygen atoms in total. The summed E-state index contributed by atoms with van der Waals surface area (Å²) in [5.74, 6) is -0.370. The van der Waals surface area contributed by atoms with Gasteiger partial charge in [0.15, 0.2) is 11.5 Å². The summed E-state index contributed by atoms with van der Waals surface area (Å²) < 4.78 is 89.8. The summed E-state index contributed by atoms with van der Waals surface area (Å²) in [7, 11) is -7.02.